The quantitative estimate of drug-likeness (QED) is 0.821. The second kappa shape index (κ2) is 7.73. The maximum absolute atomic E-state index is 11.9. The highest BCUT2D eigenvalue weighted by Crippen LogP contribution is 2.22. The normalized spacial score (nSPS) is 13.3. The van der Waals surface area contributed by atoms with Crippen LogP contribution in [0.2, 0.25) is 0 Å². The van der Waals surface area contributed by atoms with Crippen molar-refractivity contribution < 1.29 is 4.79 Å². The predicted octanol–water partition coefficient (Wildman–Crippen LogP) is 2.38. The number of aromatic nitrogens is 2. The zero-order valence-corrected chi connectivity index (χ0v) is 13.4. The van der Waals surface area contributed by atoms with Crippen molar-refractivity contribution in [3.63, 3.8) is 0 Å². The van der Waals surface area contributed by atoms with Gasteiger partial charge in [-0.1, -0.05) is 0 Å². The molecule has 0 saturated heterocycles. The molecule has 1 amide bonds. The average Bonchev–Trinajstić information content (AvgIpc) is 3.17. The first kappa shape index (κ1) is 16.2. The topological polar surface area (TPSA) is 82.7 Å². The number of nitriles is 1. The van der Waals surface area contributed by atoms with Gasteiger partial charge in [0.15, 0.2) is 0 Å². The van der Waals surface area contributed by atoms with Gasteiger partial charge < -0.3 is 10.6 Å². The summed E-state index contributed by atoms with van der Waals surface area (Å²) in [5.74, 6) is -0.0922. The summed E-state index contributed by atoms with van der Waals surface area (Å²) in [6, 6.07) is 6.06. The second-order valence-electron chi connectivity index (χ2n) is 5.04. The van der Waals surface area contributed by atoms with Gasteiger partial charge in [0.2, 0.25) is 5.91 Å². The van der Waals surface area contributed by atoms with Gasteiger partial charge in [-0.05, 0) is 31.4 Å². The van der Waals surface area contributed by atoms with Crippen LogP contribution in [0.1, 0.15) is 31.9 Å². The highest BCUT2D eigenvalue weighted by molar-refractivity contribution is 7.14. The van der Waals surface area contributed by atoms with E-state index in [-0.39, 0.29) is 18.0 Å². The van der Waals surface area contributed by atoms with Crippen molar-refractivity contribution in [3.05, 3.63) is 35.5 Å². The largest absolute Gasteiger partial charge is 0.317 e. The van der Waals surface area contributed by atoms with Crippen molar-refractivity contribution in [2.75, 3.05) is 11.9 Å². The Morgan fingerprint density at radius 3 is 3.05 bits per heavy atom. The van der Waals surface area contributed by atoms with E-state index in [1.807, 2.05) is 16.9 Å². The highest BCUT2D eigenvalue weighted by atomic mass is 32.1. The molecule has 6 nitrogen and oxygen atoms in total. The summed E-state index contributed by atoms with van der Waals surface area (Å²) >= 11 is 1.36. The number of nitrogens with zero attached hydrogens (tertiary/aromatic N) is 3. The molecule has 0 unspecified atom stereocenters. The molecular formula is C15H19N5OS. The summed E-state index contributed by atoms with van der Waals surface area (Å²) in [5, 5.41) is 21.6. The number of rotatable bonds is 7. The number of carbonyl (C=O) groups excluding carboxylic acids is 1. The lowest BCUT2D eigenvalue weighted by Crippen LogP contribution is -2.35. The molecule has 22 heavy (non-hydrogen) atoms. The average molecular weight is 317 g/mol. The summed E-state index contributed by atoms with van der Waals surface area (Å²) in [6.07, 6.45) is 4.04. The standard InChI is InChI=1S/C15H19N5OS/c1-11(12(2)20-8-3-6-18-20)17-7-4-14(21)19-15-13(10-16)5-9-22-15/h3,5-6,8-9,11-12,17H,4,7H2,1-2H3,(H,19,21)/t11-,12-/m0/s1. The summed E-state index contributed by atoms with van der Waals surface area (Å²) in [4.78, 5) is 11.9. The Kier molecular flexibility index (Phi) is 5.69. The van der Waals surface area contributed by atoms with E-state index in [2.05, 4.69) is 35.6 Å². The zero-order chi connectivity index (χ0) is 15.9. The summed E-state index contributed by atoms with van der Waals surface area (Å²) in [7, 11) is 0. The van der Waals surface area contributed by atoms with Crippen molar-refractivity contribution in [1.29, 1.82) is 5.26 Å². The van der Waals surface area contributed by atoms with Gasteiger partial charge in [0.05, 0.1) is 11.6 Å². The molecule has 0 aliphatic heterocycles. The first-order valence-electron chi connectivity index (χ1n) is 7.11. The van der Waals surface area contributed by atoms with E-state index in [4.69, 9.17) is 5.26 Å². The first-order chi connectivity index (χ1) is 10.6. The molecule has 0 aliphatic carbocycles. The van der Waals surface area contributed by atoms with Gasteiger partial charge in [-0.2, -0.15) is 10.4 Å². The van der Waals surface area contributed by atoms with Gasteiger partial charge >= 0.3 is 0 Å². The fourth-order valence-corrected chi connectivity index (χ4v) is 2.77. The van der Waals surface area contributed by atoms with Crippen molar-refractivity contribution in [3.8, 4) is 6.07 Å². The van der Waals surface area contributed by atoms with E-state index in [1.54, 1.807) is 17.6 Å². The van der Waals surface area contributed by atoms with Crippen molar-refractivity contribution in [2.24, 2.45) is 0 Å². The smallest absolute Gasteiger partial charge is 0.226 e. The SMILES string of the molecule is C[C@H](NCCC(=O)Nc1sccc1C#N)[C@H](C)n1cccn1. The predicted molar refractivity (Wildman–Crippen MR) is 86.7 cm³/mol. The number of hydrogen-bond acceptors (Lipinski definition) is 5. The number of amides is 1. The molecule has 0 aromatic carbocycles. The van der Waals surface area contributed by atoms with Crippen LogP contribution in [-0.2, 0) is 4.79 Å². The van der Waals surface area contributed by atoms with Crippen LogP contribution < -0.4 is 10.6 Å². The molecule has 116 valence electrons. The third-order valence-corrected chi connectivity index (χ3v) is 4.35. The Labute approximate surface area is 133 Å². The Hall–Kier alpha value is -2.17. The molecule has 7 heteroatoms. The van der Waals surface area contributed by atoms with Gasteiger partial charge in [-0.15, -0.1) is 11.3 Å². The molecular weight excluding hydrogens is 298 g/mol. The number of nitrogens with one attached hydrogen (secondary N) is 2. The summed E-state index contributed by atoms with van der Waals surface area (Å²) < 4.78 is 1.89. The van der Waals surface area contributed by atoms with Gasteiger partial charge in [-0.25, -0.2) is 0 Å². The van der Waals surface area contributed by atoms with Crippen LogP contribution in [0.15, 0.2) is 29.9 Å². The fraction of sp³-hybridized carbons (Fsp3) is 0.400. The Morgan fingerprint density at radius 1 is 1.55 bits per heavy atom. The Morgan fingerprint density at radius 2 is 2.36 bits per heavy atom. The van der Waals surface area contributed by atoms with Gasteiger partial charge in [0, 0.05) is 31.4 Å². The van der Waals surface area contributed by atoms with Gasteiger partial charge in [0.25, 0.3) is 0 Å². The lowest BCUT2D eigenvalue weighted by molar-refractivity contribution is -0.116. The minimum absolute atomic E-state index is 0.0922. The van der Waals surface area contributed by atoms with E-state index in [9.17, 15) is 4.79 Å². The zero-order valence-electron chi connectivity index (χ0n) is 12.6. The van der Waals surface area contributed by atoms with E-state index >= 15 is 0 Å². The van der Waals surface area contributed by atoms with Gasteiger partial charge in [0.1, 0.15) is 11.1 Å². The van der Waals surface area contributed by atoms with E-state index in [0.29, 0.717) is 23.5 Å². The monoisotopic (exact) mass is 317 g/mol. The molecule has 2 N–H and O–H groups in total. The molecule has 0 bridgehead atoms. The van der Waals surface area contributed by atoms with Crippen LogP contribution in [0, 0.1) is 11.3 Å². The van der Waals surface area contributed by atoms with Crippen LogP contribution in [0.25, 0.3) is 0 Å². The summed E-state index contributed by atoms with van der Waals surface area (Å²) in [6.45, 7) is 4.72. The molecule has 0 saturated carbocycles. The number of carbonyl (C=O) groups is 1. The maximum Gasteiger partial charge on any atom is 0.226 e. The Bertz CT molecular complexity index is 643. The Balaban J connectivity index is 1.74. The number of thiophene rings is 1. The molecule has 2 aromatic rings. The molecule has 2 rings (SSSR count). The molecule has 0 fully saturated rings. The molecule has 0 aliphatic rings. The minimum atomic E-state index is -0.0922. The van der Waals surface area contributed by atoms with Crippen molar-refractivity contribution in [2.45, 2.75) is 32.4 Å². The van der Waals surface area contributed by atoms with Crippen LogP contribution in [0.4, 0.5) is 5.00 Å². The van der Waals surface area contributed by atoms with Crippen LogP contribution in [0.5, 0.6) is 0 Å². The molecule has 0 radical (unpaired) electrons. The maximum atomic E-state index is 11.9. The second-order valence-corrected chi connectivity index (χ2v) is 5.96. The minimum Gasteiger partial charge on any atom is -0.317 e. The van der Waals surface area contributed by atoms with E-state index < -0.39 is 0 Å². The first-order valence-corrected chi connectivity index (χ1v) is 7.99. The lowest BCUT2D eigenvalue weighted by atomic mass is 10.1. The van der Waals surface area contributed by atoms with E-state index in [1.165, 1.54) is 11.3 Å². The number of hydrogen-bond donors (Lipinski definition) is 2. The highest BCUT2D eigenvalue weighted by Gasteiger charge is 2.14. The third-order valence-electron chi connectivity index (χ3n) is 3.52. The van der Waals surface area contributed by atoms with Crippen molar-refractivity contribution >= 4 is 22.2 Å². The molecule has 2 heterocycles. The summed E-state index contributed by atoms with van der Waals surface area (Å²) in [5.41, 5.74) is 0.506. The van der Waals surface area contributed by atoms with Gasteiger partial charge in [-0.3, -0.25) is 9.48 Å². The lowest BCUT2D eigenvalue weighted by Gasteiger charge is -2.21. The van der Waals surface area contributed by atoms with Crippen LogP contribution >= 0.6 is 11.3 Å². The molecule has 2 aromatic heterocycles. The third kappa shape index (κ3) is 4.16. The molecule has 0 spiro atoms. The van der Waals surface area contributed by atoms with Crippen molar-refractivity contribution in [1.82, 2.24) is 15.1 Å². The van der Waals surface area contributed by atoms with Crippen LogP contribution in [-0.4, -0.2) is 28.3 Å². The fourth-order valence-electron chi connectivity index (χ4n) is 2.02. The number of anilines is 1. The van der Waals surface area contributed by atoms with Crippen LogP contribution in [0.3, 0.4) is 0 Å². The molecule has 2 atom stereocenters. The van der Waals surface area contributed by atoms with E-state index in [0.717, 1.165) is 0 Å².